The minimum atomic E-state index is 0.00459. The van der Waals surface area contributed by atoms with Crippen molar-refractivity contribution in [2.45, 2.75) is 18.9 Å². The van der Waals surface area contributed by atoms with Crippen molar-refractivity contribution in [2.75, 3.05) is 18.6 Å². The lowest BCUT2D eigenvalue weighted by atomic mass is 10.0. The topological polar surface area (TPSA) is 49.3 Å². The van der Waals surface area contributed by atoms with Gasteiger partial charge in [0, 0.05) is 18.4 Å². The summed E-state index contributed by atoms with van der Waals surface area (Å²) in [5, 5.41) is 12.0. The van der Waals surface area contributed by atoms with Crippen LogP contribution < -0.4 is 5.32 Å². The van der Waals surface area contributed by atoms with Crippen molar-refractivity contribution in [1.29, 1.82) is 0 Å². The van der Waals surface area contributed by atoms with E-state index >= 15 is 0 Å². The second-order valence-corrected chi connectivity index (χ2v) is 6.38. The molecule has 1 unspecified atom stereocenters. The van der Waals surface area contributed by atoms with Gasteiger partial charge in [0.25, 0.3) is 0 Å². The van der Waals surface area contributed by atoms with Crippen LogP contribution in [-0.2, 0) is 11.2 Å². The molecule has 2 N–H and O–H groups in total. The van der Waals surface area contributed by atoms with Crippen molar-refractivity contribution in [1.82, 2.24) is 5.32 Å². The number of amides is 1. The number of hydrogen-bond acceptors (Lipinski definition) is 3. The number of aliphatic hydroxyl groups is 1. The van der Waals surface area contributed by atoms with Gasteiger partial charge in [-0.2, -0.15) is 11.8 Å². The Kier molecular flexibility index (Phi) is 7.17. The molecule has 0 aliphatic heterocycles. The van der Waals surface area contributed by atoms with E-state index in [9.17, 15) is 4.79 Å². The second kappa shape index (κ2) is 9.38. The lowest BCUT2D eigenvalue weighted by Gasteiger charge is -2.16. The highest BCUT2D eigenvalue weighted by atomic mass is 32.2. The third-order valence-corrected chi connectivity index (χ3v) is 4.37. The van der Waals surface area contributed by atoms with Crippen LogP contribution in [0.25, 0.3) is 11.1 Å². The summed E-state index contributed by atoms with van der Waals surface area (Å²) >= 11 is 1.67. The fraction of sp³-hybridized carbons (Fsp3) is 0.316. The first kappa shape index (κ1) is 17.6. The Balaban J connectivity index is 1.93. The second-order valence-electron chi connectivity index (χ2n) is 5.47. The van der Waals surface area contributed by atoms with E-state index in [4.69, 9.17) is 5.11 Å². The summed E-state index contributed by atoms with van der Waals surface area (Å²) in [7, 11) is 0. The van der Waals surface area contributed by atoms with Gasteiger partial charge in [0.2, 0.25) is 5.91 Å². The monoisotopic (exact) mass is 329 g/mol. The predicted molar refractivity (Wildman–Crippen MR) is 97.6 cm³/mol. The molecule has 1 amide bonds. The maximum atomic E-state index is 12.1. The number of aliphatic hydroxyl groups excluding tert-OH is 1. The van der Waals surface area contributed by atoms with Crippen LogP contribution in [0, 0.1) is 0 Å². The van der Waals surface area contributed by atoms with Crippen molar-refractivity contribution in [3.63, 3.8) is 0 Å². The Morgan fingerprint density at radius 3 is 2.35 bits per heavy atom. The van der Waals surface area contributed by atoms with Crippen molar-refractivity contribution >= 4 is 17.7 Å². The maximum absolute atomic E-state index is 12.1. The smallest absolute Gasteiger partial charge is 0.224 e. The number of hydrogen-bond donors (Lipinski definition) is 2. The molecule has 122 valence electrons. The van der Waals surface area contributed by atoms with E-state index in [1.54, 1.807) is 11.8 Å². The molecule has 0 saturated carbocycles. The fourth-order valence-electron chi connectivity index (χ4n) is 2.46. The van der Waals surface area contributed by atoms with Crippen molar-refractivity contribution in [3.8, 4) is 11.1 Å². The molecule has 0 aliphatic carbocycles. The summed E-state index contributed by atoms with van der Waals surface area (Å²) in [4.78, 5) is 12.1. The van der Waals surface area contributed by atoms with Gasteiger partial charge in [0.15, 0.2) is 0 Å². The normalized spacial score (nSPS) is 11.9. The number of thioether (sulfide) groups is 1. The standard InChI is InChI=1S/C19H23NO2S/c1-23-14-18(11-12-21)20-19(22)13-15-7-9-17(10-8-15)16-5-3-2-4-6-16/h2-10,18,21H,11-14H2,1H3,(H,20,22). The van der Waals surface area contributed by atoms with Gasteiger partial charge in [0.05, 0.1) is 6.42 Å². The van der Waals surface area contributed by atoms with Gasteiger partial charge in [-0.25, -0.2) is 0 Å². The molecule has 0 spiro atoms. The first-order chi connectivity index (χ1) is 11.2. The van der Waals surface area contributed by atoms with Gasteiger partial charge in [-0.3, -0.25) is 4.79 Å². The Hall–Kier alpha value is -1.78. The van der Waals surface area contributed by atoms with Gasteiger partial charge in [-0.1, -0.05) is 54.6 Å². The molecule has 0 bridgehead atoms. The summed E-state index contributed by atoms with van der Waals surface area (Å²) in [6, 6.07) is 18.3. The lowest BCUT2D eigenvalue weighted by Crippen LogP contribution is -2.38. The van der Waals surface area contributed by atoms with Crippen LogP contribution >= 0.6 is 11.8 Å². The first-order valence-electron chi connectivity index (χ1n) is 7.76. The third-order valence-electron chi connectivity index (χ3n) is 3.64. The van der Waals surface area contributed by atoms with Gasteiger partial charge < -0.3 is 10.4 Å². The zero-order chi connectivity index (χ0) is 16.5. The Morgan fingerprint density at radius 2 is 1.74 bits per heavy atom. The Bertz CT molecular complexity index is 593. The molecule has 0 fully saturated rings. The molecule has 3 nitrogen and oxygen atoms in total. The van der Waals surface area contributed by atoms with Crippen LogP contribution in [0.15, 0.2) is 54.6 Å². The SMILES string of the molecule is CSCC(CCO)NC(=O)Cc1ccc(-c2ccccc2)cc1. The first-order valence-corrected chi connectivity index (χ1v) is 9.16. The number of carbonyl (C=O) groups is 1. The van der Waals surface area contributed by atoms with Crippen LogP contribution in [0.3, 0.4) is 0 Å². The number of rotatable bonds is 8. The summed E-state index contributed by atoms with van der Waals surface area (Å²) in [5.74, 6) is 0.823. The van der Waals surface area contributed by atoms with Crippen LogP contribution in [0.2, 0.25) is 0 Å². The molecule has 2 aromatic carbocycles. The quantitative estimate of drug-likeness (QED) is 0.782. The molecule has 1 atom stereocenters. The average Bonchev–Trinajstić information content (AvgIpc) is 2.57. The largest absolute Gasteiger partial charge is 0.396 e. The van der Waals surface area contributed by atoms with Gasteiger partial charge in [-0.05, 0) is 29.4 Å². The molecule has 0 heterocycles. The molecule has 0 aliphatic rings. The fourth-order valence-corrected chi connectivity index (χ4v) is 3.12. The van der Waals surface area contributed by atoms with Gasteiger partial charge in [0.1, 0.15) is 0 Å². The summed E-state index contributed by atoms with van der Waals surface area (Å²) in [6.45, 7) is 0.0945. The zero-order valence-electron chi connectivity index (χ0n) is 13.4. The Morgan fingerprint density at radius 1 is 1.09 bits per heavy atom. The number of carbonyl (C=O) groups excluding carboxylic acids is 1. The van der Waals surface area contributed by atoms with E-state index in [1.165, 1.54) is 5.56 Å². The molecular weight excluding hydrogens is 306 g/mol. The molecule has 2 aromatic rings. The summed E-state index contributed by atoms with van der Waals surface area (Å²) in [5.41, 5.74) is 3.32. The zero-order valence-corrected chi connectivity index (χ0v) is 14.2. The van der Waals surface area contributed by atoms with Crippen LogP contribution in [0.5, 0.6) is 0 Å². The van der Waals surface area contributed by atoms with E-state index < -0.39 is 0 Å². The van der Waals surface area contributed by atoms with E-state index in [0.29, 0.717) is 12.8 Å². The minimum Gasteiger partial charge on any atom is -0.396 e. The van der Waals surface area contributed by atoms with Crippen molar-refractivity contribution in [2.24, 2.45) is 0 Å². The number of nitrogens with one attached hydrogen (secondary N) is 1. The van der Waals surface area contributed by atoms with Gasteiger partial charge >= 0.3 is 0 Å². The number of benzene rings is 2. The summed E-state index contributed by atoms with van der Waals surface area (Å²) in [6.07, 6.45) is 2.96. The van der Waals surface area contributed by atoms with Crippen molar-refractivity contribution < 1.29 is 9.90 Å². The predicted octanol–water partition coefficient (Wildman–Crippen LogP) is 3.13. The Labute approximate surface area is 142 Å². The van der Waals surface area contributed by atoms with E-state index in [2.05, 4.69) is 17.4 Å². The highest BCUT2D eigenvalue weighted by Gasteiger charge is 2.11. The molecule has 4 heteroatoms. The molecule has 0 aromatic heterocycles. The van der Waals surface area contributed by atoms with E-state index in [1.807, 2.05) is 48.7 Å². The van der Waals surface area contributed by atoms with Crippen molar-refractivity contribution in [3.05, 3.63) is 60.2 Å². The lowest BCUT2D eigenvalue weighted by molar-refractivity contribution is -0.121. The minimum absolute atomic E-state index is 0.00459. The van der Waals surface area contributed by atoms with Crippen LogP contribution in [0.1, 0.15) is 12.0 Å². The maximum Gasteiger partial charge on any atom is 0.224 e. The molecule has 0 radical (unpaired) electrons. The van der Waals surface area contributed by atoms with Crippen LogP contribution in [0.4, 0.5) is 0 Å². The molecule has 0 saturated heterocycles. The van der Waals surface area contributed by atoms with E-state index in [0.717, 1.165) is 16.9 Å². The van der Waals surface area contributed by atoms with Crippen LogP contribution in [-0.4, -0.2) is 35.7 Å². The summed E-state index contributed by atoms with van der Waals surface area (Å²) < 4.78 is 0. The molecular formula is C19H23NO2S. The van der Waals surface area contributed by atoms with Gasteiger partial charge in [-0.15, -0.1) is 0 Å². The highest BCUT2D eigenvalue weighted by molar-refractivity contribution is 7.98. The molecule has 23 heavy (non-hydrogen) atoms. The highest BCUT2D eigenvalue weighted by Crippen LogP contribution is 2.19. The third kappa shape index (κ3) is 5.73. The molecule has 2 rings (SSSR count). The van der Waals surface area contributed by atoms with E-state index in [-0.39, 0.29) is 18.6 Å². The average molecular weight is 329 g/mol.